The average Bonchev–Trinajstić information content (AvgIpc) is 2.49. The molecule has 4 nitrogen and oxygen atoms in total. The number of piperidine rings is 1. The number of carbonyl (C=O) groups is 1. The van der Waals surface area contributed by atoms with Crippen molar-refractivity contribution in [3.05, 3.63) is 29.3 Å². The Balaban J connectivity index is 0.00000264. The maximum absolute atomic E-state index is 11.7. The lowest BCUT2D eigenvalue weighted by Gasteiger charge is -2.39. The molecule has 0 saturated carbocycles. The Morgan fingerprint density at radius 1 is 1.43 bits per heavy atom. The summed E-state index contributed by atoms with van der Waals surface area (Å²) in [5.41, 5.74) is 7.81. The molecule has 1 heterocycles. The molecule has 2 unspecified atom stereocenters. The Labute approximate surface area is 145 Å². The lowest BCUT2D eigenvalue weighted by molar-refractivity contribution is 0.0975. The Hall–Kier alpha value is -1.10. The van der Waals surface area contributed by atoms with Gasteiger partial charge in [-0.05, 0) is 57.4 Å². The quantitative estimate of drug-likeness (QED) is 0.807. The third-order valence-corrected chi connectivity index (χ3v) is 4.61. The van der Waals surface area contributed by atoms with Crippen LogP contribution in [0, 0.1) is 5.92 Å². The number of likely N-dealkylation sites (tertiary alicyclic amines) is 1. The summed E-state index contributed by atoms with van der Waals surface area (Å²) in [7, 11) is 0. The topological polar surface area (TPSA) is 55.6 Å². The van der Waals surface area contributed by atoms with E-state index in [9.17, 15) is 4.79 Å². The van der Waals surface area contributed by atoms with Gasteiger partial charge in [0.1, 0.15) is 5.75 Å². The zero-order valence-electron chi connectivity index (χ0n) is 14.4. The zero-order valence-corrected chi connectivity index (χ0v) is 15.2. The smallest absolute Gasteiger partial charge is 0.159 e. The van der Waals surface area contributed by atoms with Crippen LogP contribution in [0.3, 0.4) is 0 Å². The predicted octanol–water partition coefficient (Wildman–Crippen LogP) is 3.27. The molecule has 1 fully saturated rings. The summed E-state index contributed by atoms with van der Waals surface area (Å²) < 4.78 is 5.74. The van der Waals surface area contributed by atoms with Gasteiger partial charge in [0.2, 0.25) is 0 Å². The molecule has 2 N–H and O–H groups in total. The molecule has 1 saturated heterocycles. The molecular weight excluding hydrogens is 312 g/mol. The number of Topliss-reactive ketones (excluding diaryl/α,β-unsaturated/α-hetero) is 1. The zero-order chi connectivity index (χ0) is 16.1. The van der Waals surface area contributed by atoms with Crippen LogP contribution in [0.15, 0.2) is 18.2 Å². The molecule has 1 aromatic rings. The van der Waals surface area contributed by atoms with E-state index in [1.165, 1.54) is 12.8 Å². The first kappa shape index (κ1) is 19.9. The van der Waals surface area contributed by atoms with Crippen LogP contribution in [0.4, 0.5) is 0 Å². The van der Waals surface area contributed by atoms with Crippen LogP contribution >= 0.6 is 12.4 Å². The van der Waals surface area contributed by atoms with Crippen LogP contribution in [-0.4, -0.2) is 36.4 Å². The molecule has 0 aliphatic carbocycles. The minimum atomic E-state index is 0. The van der Waals surface area contributed by atoms with Crippen LogP contribution in [0.25, 0.3) is 0 Å². The van der Waals surface area contributed by atoms with Crippen molar-refractivity contribution >= 4 is 18.2 Å². The van der Waals surface area contributed by atoms with Crippen LogP contribution in [-0.2, 0) is 6.54 Å². The first-order valence-electron chi connectivity index (χ1n) is 8.27. The normalized spacial score (nSPS) is 21.6. The van der Waals surface area contributed by atoms with Crippen molar-refractivity contribution in [1.29, 1.82) is 0 Å². The molecule has 0 amide bonds. The summed E-state index contributed by atoms with van der Waals surface area (Å²) >= 11 is 0. The maximum Gasteiger partial charge on any atom is 0.159 e. The number of hydrogen-bond acceptors (Lipinski definition) is 4. The van der Waals surface area contributed by atoms with Crippen LogP contribution in [0.2, 0.25) is 0 Å². The molecule has 2 rings (SSSR count). The van der Waals surface area contributed by atoms with Crippen molar-refractivity contribution in [2.45, 2.75) is 46.2 Å². The molecule has 130 valence electrons. The molecular formula is C18H29ClN2O2. The minimum absolute atomic E-state index is 0. The predicted molar refractivity (Wildman–Crippen MR) is 96.5 cm³/mol. The van der Waals surface area contributed by atoms with Crippen LogP contribution < -0.4 is 10.5 Å². The van der Waals surface area contributed by atoms with Gasteiger partial charge in [0.05, 0.1) is 6.61 Å². The van der Waals surface area contributed by atoms with E-state index in [1.54, 1.807) is 6.92 Å². The lowest BCUT2D eigenvalue weighted by atomic mass is 9.90. The van der Waals surface area contributed by atoms with E-state index in [1.807, 2.05) is 25.1 Å². The van der Waals surface area contributed by atoms with Gasteiger partial charge in [0.25, 0.3) is 0 Å². The third kappa shape index (κ3) is 4.93. The number of halogens is 1. The highest BCUT2D eigenvalue weighted by Crippen LogP contribution is 2.28. The number of ether oxygens (including phenoxy) is 1. The highest BCUT2D eigenvalue weighted by molar-refractivity contribution is 5.94. The average molecular weight is 341 g/mol. The monoisotopic (exact) mass is 340 g/mol. The van der Waals surface area contributed by atoms with E-state index in [4.69, 9.17) is 10.5 Å². The minimum Gasteiger partial charge on any atom is -0.494 e. The molecule has 5 heteroatoms. The van der Waals surface area contributed by atoms with Crippen molar-refractivity contribution in [3.8, 4) is 5.75 Å². The van der Waals surface area contributed by atoms with Gasteiger partial charge >= 0.3 is 0 Å². The molecule has 23 heavy (non-hydrogen) atoms. The molecule has 0 aromatic heterocycles. The Morgan fingerprint density at radius 2 is 2.17 bits per heavy atom. The van der Waals surface area contributed by atoms with Crippen molar-refractivity contribution in [2.24, 2.45) is 11.7 Å². The SMILES string of the molecule is CCOc1ccc(C(C)=O)cc1CN1CCCC(C)C1CN.Cl. The molecule has 2 atom stereocenters. The molecule has 0 spiro atoms. The van der Waals surface area contributed by atoms with Gasteiger partial charge in [-0.2, -0.15) is 0 Å². The summed E-state index contributed by atoms with van der Waals surface area (Å²) in [5.74, 6) is 1.58. The highest BCUT2D eigenvalue weighted by atomic mass is 35.5. The molecule has 1 aliphatic heterocycles. The summed E-state index contributed by atoms with van der Waals surface area (Å²) in [4.78, 5) is 14.1. The standard InChI is InChI=1S/C18H28N2O2.ClH/c1-4-22-18-8-7-15(14(3)21)10-16(18)12-20-9-5-6-13(2)17(20)11-19;/h7-8,10,13,17H,4-6,9,11-12,19H2,1-3H3;1H. The van der Waals surface area contributed by atoms with E-state index in [2.05, 4.69) is 11.8 Å². The van der Waals surface area contributed by atoms with Crippen molar-refractivity contribution in [2.75, 3.05) is 19.7 Å². The van der Waals surface area contributed by atoms with Crippen molar-refractivity contribution < 1.29 is 9.53 Å². The number of nitrogens with two attached hydrogens (primary N) is 1. The van der Waals surface area contributed by atoms with Gasteiger partial charge in [-0.3, -0.25) is 9.69 Å². The van der Waals surface area contributed by atoms with Gasteiger partial charge < -0.3 is 10.5 Å². The maximum atomic E-state index is 11.7. The summed E-state index contributed by atoms with van der Waals surface area (Å²) in [5, 5.41) is 0. The van der Waals surface area contributed by atoms with Gasteiger partial charge in [-0.15, -0.1) is 12.4 Å². The summed E-state index contributed by atoms with van der Waals surface area (Å²) in [6, 6.07) is 6.14. The lowest BCUT2D eigenvalue weighted by Crippen LogP contribution is -2.48. The second-order valence-electron chi connectivity index (χ2n) is 6.20. The van der Waals surface area contributed by atoms with Crippen LogP contribution in [0.5, 0.6) is 5.75 Å². The van der Waals surface area contributed by atoms with Gasteiger partial charge in [0, 0.05) is 30.3 Å². The molecule has 1 aliphatic rings. The van der Waals surface area contributed by atoms with E-state index < -0.39 is 0 Å². The third-order valence-electron chi connectivity index (χ3n) is 4.61. The van der Waals surface area contributed by atoms with E-state index in [0.29, 0.717) is 25.1 Å². The second-order valence-corrected chi connectivity index (χ2v) is 6.20. The Morgan fingerprint density at radius 3 is 2.78 bits per heavy atom. The Bertz CT molecular complexity index is 522. The molecule has 1 aromatic carbocycles. The van der Waals surface area contributed by atoms with Crippen LogP contribution in [0.1, 0.15) is 49.5 Å². The number of benzene rings is 1. The van der Waals surface area contributed by atoms with E-state index >= 15 is 0 Å². The number of rotatable bonds is 6. The number of carbonyl (C=O) groups excluding carboxylic acids is 1. The number of hydrogen-bond donors (Lipinski definition) is 1. The summed E-state index contributed by atoms with van der Waals surface area (Å²) in [6.07, 6.45) is 2.44. The first-order chi connectivity index (χ1) is 10.6. The molecule has 0 radical (unpaired) electrons. The first-order valence-corrected chi connectivity index (χ1v) is 8.27. The van der Waals surface area contributed by atoms with Gasteiger partial charge in [-0.25, -0.2) is 0 Å². The summed E-state index contributed by atoms with van der Waals surface area (Å²) in [6.45, 7) is 9.02. The molecule has 0 bridgehead atoms. The van der Waals surface area contributed by atoms with Crippen molar-refractivity contribution in [1.82, 2.24) is 4.90 Å². The fourth-order valence-electron chi connectivity index (χ4n) is 3.35. The second kappa shape index (κ2) is 9.26. The van der Waals surface area contributed by atoms with Crippen molar-refractivity contribution in [3.63, 3.8) is 0 Å². The number of ketones is 1. The fourth-order valence-corrected chi connectivity index (χ4v) is 3.35. The van der Waals surface area contributed by atoms with Gasteiger partial charge in [0.15, 0.2) is 5.78 Å². The largest absolute Gasteiger partial charge is 0.494 e. The van der Waals surface area contributed by atoms with E-state index in [-0.39, 0.29) is 18.2 Å². The fraction of sp³-hybridized carbons (Fsp3) is 0.611. The highest BCUT2D eigenvalue weighted by Gasteiger charge is 2.28. The van der Waals surface area contributed by atoms with Gasteiger partial charge in [-0.1, -0.05) is 6.92 Å². The Kier molecular flexibility index (Phi) is 8.03. The van der Waals surface area contributed by atoms with E-state index in [0.717, 1.165) is 30.0 Å². The number of nitrogens with zero attached hydrogens (tertiary/aromatic N) is 1.